The van der Waals surface area contributed by atoms with Crippen LogP contribution in [0.5, 0.6) is 0 Å². The molecule has 1 rings (SSSR count). The zero-order chi connectivity index (χ0) is 12.1. The van der Waals surface area contributed by atoms with Crippen molar-refractivity contribution in [3.63, 3.8) is 0 Å². The average molecular weight is 242 g/mol. The standard InChI is InChI=1S/C11H14O4S/c1-2-7-3-4-16-11(7)8(5-9(12)13)6-10(14)15/h3-4,8H,2,5-6H2,1H3,(H,12,13)(H,14,15). The number of carboxylic acid groups (broad SMARTS) is 2. The molecule has 0 radical (unpaired) electrons. The summed E-state index contributed by atoms with van der Waals surface area (Å²) in [4.78, 5) is 22.3. The molecule has 0 bridgehead atoms. The topological polar surface area (TPSA) is 74.6 Å². The average Bonchev–Trinajstić information content (AvgIpc) is 2.62. The SMILES string of the molecule is CCc1ccsc1C(CC(=O)O)CC(=O)O. The molecule has 0 saturated heterocycles. The van der Waals surface area contributed by atoms with Gasteiger partial charge in [-0.05, 0) is 23.4 Å². The van der Waals surface area contributed by atoms with E-state index in [2.05, 4.69) is 0 Å². The molecule has 0 aliphatic rings. The van der Waals surface area contributed by atoms with E-state index in [4.69, 9.17) is 10.2 Å². The third kappa shape index (κ3) is 3.34. The van der Waals surface area contributed by atoms with Crippen LogP contribution in [0.15, 0.2) is 11.4 Å². The summed E-state index contributed by atoms with van der Waals surface area (Å²) < 4.78 is 0. The minimum atomic E-state index is -0.957. The molecule has 0 fully saturated rings. The van der Waals surface area contributed by atoms with Gasteiger partial charge in [0.05, 0.1) is 12.8 Å². The van der Waals surface area contributed by atoms with Crippen LogP contribution in [-0.2, 0) is 16.0 Å². The van der Waals surface area contributed by atoms with Crippen molar-refractivity contribution in [2.75, 3.05) is 0 Å². The van der Waals surface area contributed by atoms with Gasteiger partial charge in [-0.3, -0.25) is 9.59 Å². The minimum Gasteiger partial charge on any atom is -0.481 e. The fourth-order valence-electron chi connectivity index (χ4n) is 1.68. The Labute approximate surface area is 97.5 Å². The lowest BCUT2D eigenvalue weighted by Gasteiger charge is -2.12. The lowest BCUT2D eigenvalue weighted by atomic mass is 9.96. The maximum atomic E-state index is 10.7. The smallest absolute Gasteiger partial charge is 0.304 e. The van der Waals surface area contributed by atoms with E-state index in [0.29, 0.717) is 0 Å². The predicted octanol–water partition coefficient (Wildman–Crippen LogP) is 2.34. The van der Waals surface area contributed by atoms with Crippen LogP contribution >= 0.6 is 11.3 Å². The number of carbonyl (C=O) groups is 2. The summed E-state index contributed by atoms with van der Waals surface area (Å²) in [5.74, 6) is -2.33. The van der Waals surface area contributed by atoms with E-state index < -0.39 is 17.9 Å². The molecule has 0 aliphatic carbocycles. The van der Waals surface area contributed by atoms with Crippen molar-refractivity contribution in [3.05, 3.63) is 21.9 Å². The second kappa shape index (κ2) is 5.65. The number of hydrogen-bond donors (Lipinski definition) is 2. The Hall–Kier alpha value is -1.36. The van der Waals surface area contributed by atoms with Crippen LogP contribution in [0.3, 0.4) is 0 Å². The molecule has 1 heterocycles. The molecule has 5 heteroatoms. The summed E-state index contributed by atoms with van der Waals surface area (Å²) >= 11 is 1.44. The molecule has 2 N–H and O–H groups in total. The van der Waals surface area contributed by atoms with Crippen molar-refractivity contribution < 1.29 is 19.8 Å². The Morgan fingerprint density at radius 3 is 2.31 bits per heavy atom. The van der Waals surface area contributed by atoms with Crippen molar-refractivity contribution in [3.8, 4) is 0 Å². The molecule has 1 aromatic heterocycles. The number of thiophene rings is 1. The summed E-state index contributed by atoms with van der Waals surface area (Å²) in [6.07, 6.45) is 0.550. The molecule has 0 unspecified atom stereocenters. The van der Waals surface area contributed by atoms with Gasteiger partial charge in [-0.15, -0.1) is 11.3 Å². The first kappa shape index (κ1) is 12.7. The molecular weight excluding hydrogens is 228 g/mol. The summed E-state index contributed by atoms with van der Waals surface area (Å²) in [6.45, 7) is 1.98. The van der Waals surface area contributed by atoms with Gasteiger partial charge < -0.3 is 10.2 Å². The fourth-order valence-corrected chi connectivity index (χ4v) is 2.78. The van der Waals surface area contributed by atoms with Gasteiger partial charge in [0.15, 0.2) is 0 Å². The van der Waals surface area contributed by atoms with E-state index in [0.717, 1.165) is 16.9 Å². The Morgan fingerprint density at radius 1 is 1.31 bits per heavy atom. The number of carboxylic acids is 2. The van der Waals surface area contributed by atoms with Gasteiger partial charge in [0.1, 0.15) is 0 Å². The molecular formula is C11H14O4S. The molecule has 0 amide bonds. The first-order valence-corrected chi connectivity index (χ1v) is 5.92. The summed E-state index contributed by atoms with van der Waals surface area (Å²) in [7, 11) is 0. The van der Waals surface area contributed by atoms with Crippen LogP contribution in [0.4, 0.5) is 0 Å². The third-order valence-electron chi connectivity index (χ3n) is 2.37. The van der Waals surface area contributed by atoms with Crippen molar-refractivity contribution in [2.45, 2.75) is 32.1 Å². The van der Waals surface area contributed by atoms with Crippen LogP contribution in [0, 0.1) is 0 Å². The van der Waals surface area contributed by atoms with Crippen LogP contribution in [0.2, 0.25) is 0 Å². The number of hydrogen-bond acceptors (Lipinski definition) is 3. The van der Waals surface area contributed by atoms with Crippen LogP contribution in [0.1, 0.15) is 36.1 Å². The summed E-state index contributed by atoms with van der Waals surface area (Å²) in [5, 5.41) is 19.4. The second-order valence-electron chi connectivity index (χ2n) is 3.56. The van der Waals surface area contributed by atoms with E-state index in [1.54, 1.807) is 0 Å². The van der Waals surface area contributed by atoms with E-state index in [9.17, 15) is 9.59 Å². The van der Waals surface area contributed by atoms with Gasteiger partial charge in [0, 0.05) is 10.8 Å². The summed E-state index contributed by atoms with van der Waals surface area (Å²) in [5.41, 5.74) is 1.05. The number of rotatable bonds is 6. The van der Waals surface area contributed by atoms with E-state index >= 15 is 0 Å². The van der Waals surface area contributed by atoms with Crippen molar-refractivity contribution in [1.82, 2.24) is 0 Å². The third-order valence-corrected chi connectivity index (χ3v) is 3.50. The molecule has 0 aliphatic heterocycles. The molecule has 0 atom stereocenters. The molecule has 0 spiro atoms. The zero-order valence-corrected chi connectivity index (χ0v) is 9.79. The minimum absolute atomic E-state index is 0.125. The molecule has 0 aromatic carbocycles. The molecule has 0 saturated carbocycles. The first-order valence-electron chi connectivity index (χ1n) is 5.04. The summed E-state index contributed by atoms with van der Waals surface area (Å²) in [6, 6.07) is 1.93. The predicted molar refractivity (Wildman–Crippen MR) is 60.9 cm³/mol. The number of aliphatic carboxylic acids is 2. The van der Waals surface area contributed by atoms with Crippen molar-refractivity contribution in [2.24, 2.45) is 0 Å². The normalized spacial score (nSPS) is 10.6. The van der Waals surface area contributed by atoms with Gasteiger partial charge in [0.2, 0.25) is 0 Å². The highest BCUT2D eigenvalue weighted by molar-refractivity contribution is 7.10. The molecule has 1 aromatic rings. The highest BCUT2D eigenvalue weighted by Crippen LogP contribution is 2.31. The van der Waals surface area contributed by atoms with Crippen molar-refractivity contribution in [1.29, 1.82) is 0 Å². The van der Waals surface area contributed by atoms with E-state index in [1.807, 2.05) is 18.4 Å². The largest absolute Gasteiger partial charge is 0.481 e. The van der Waals surface area contributed by atoms with Crippen LogP contribution < -0.4 is 0 Å². The van der Waals surface area contributed by atoms with Crippen LogP contribution in [-0.4, -0.2) is 22.2 Å². The van der Waals surface area contributed by atoms with E-state index in [-0.39, 0.29) is 12.8 Å². The second-order valence-corrected chi connectivity index (χ2v) is 4.50. The Bertz CT molecular complexity index is 367. The lowest BCUT2D eigenvalue weighted by Crippen LogP contribution is -2.11. The van der Waals surface area contributed by atoms with Gasteiger partial charge in [-0.1, -0.05) is 6.92 Å². The van der Waals surface area contributed by atoms with Gasteiger partial charge in [-0.2, -0.15) is 0 Å². The lowest BCUT2D eigenvalue weighted by molar-refractivity contribution is -0.139. The fraction of sp³-hybridized carbons (Fsp3) is 0.455. The highest BCUT2D eigenvalue weighted by Gasteiger charge is 2.22. The molecule has 4 nitrogen and oxygen atoms in total. The van der Waals surface area contributed by atoms with Gasteiger partial charge in [-0.25, -0.2) is 0 Å². The number of aryl methyl sites for hydroxylation is 1. The highest BCUT2D eigenvalue weighted by atomic mass is 32.1. The Kier molecular flexibility index (Phi) is 4.49. The van der Waals surface area contributed by atoms with Gasteiger partial charge in [0.25, 0.3) is 0 Å². The quantitative estimate of drug-likeness (QED) is 0.803. The van der Waals surface area contributed by atoms with E-state index in [1.165, 1.54) is 11.3 Å². The van der Waals surface area contributed by atoms with Crippen molar-refractivity contribution >= 4 is 23.3 Å². The monoisotopic (exact) mass is 242 g/mol. The maximum Gasteiger partial charge on any atom is 0.304 e. The van der Waals surface area contributed by atoms with Gasteiger partial charge >= 0.3 is 11.9 Å². The van der Waals surface area contributed by atoms with Crippen LogP contribution in [0.25, 0.3) is 0 Å². The molecule has 88 valence electrons. The first-order chi connectivity index (χ1) is 7.54. The Balaban J connectivity index is 2.90. The molecule has 16 heavy (non-hydrogen) atoms. The zero-order valence-electron chi connectivity index (χ0n) is 8.97. The Morgan fingerprint density at radius 2 is 1.88 bits per heavy atom. The maximum absolute atomic E-state index is 10.7.